The molecule has 5 rings (SSSR count). The zero-order valence-electron chi connectivity index (χ0n) is 22.6. The summed E-state index contributed by atoms with van der Waals surface area (Å²) in [6, 6.07) is 34.1. The molecule has 41 heavy (non-hydrogen) atoms. The van der Waals surface area contributed by atoms with E-state index in [9.17, 15) is 14.7 Å². The maximum absolute atomic E-state index is 12.8. The minimum absolute atomic E-state index is 0.225. The van der Waals surface area contributed by atoms with E-state index >= 15 is 0 Å². The van der Waals surface area contributed by atoms with Crippen LogP contribution in [-0.4, -0.2) is 29.2 Å². The number of allylic oxidation sites excluding steroid dienone is 2. The number of rotatable bonds is 8. The van der Waals surface area contributed by atoms with Gasteiger partial charge in [0.25, 0.3) is 5.91 Å². The quantitative estimate of drug-likeness (QED) is 0.122. The Hall–Kier alpha value is -5.23. The highest BCUT2D eigenvalue weighted by atomic mass is 16.4. The van der Waals surface area contributed by atoms with Gasteiger partial charge in [0.1, 0.15) is 0 Å². The van der Waals surface area contributed by atoms with Crippen LogP contribution < -0.4 is 10.2 Å². The first-order chi connectivity index (χ1) is 20.0. The van der Waals surface area contributed by atoms with Gasteiger partial charge in [-0.15, -0.1) is 0 Å². The Kier molecular flexibility index (Phi) is 8.50. The molecule has 204 valence electrons. The molecule has 1 aliphatic heterocycles. The van der Waals surface area contributed by atoms with Crippen molar-refractivity contribution in [2.45, 2.75) is 19.3 Å². The van der Waals surface area contributed by atoms with Gasteiger partial charge >= 0.3 is 5.97 Å². The van der Waals surface area contributed by atoms with Crippen molar-refractivity contribution in [1.29, 1.82) is 5.41 Å². The van der Waals surface area contributed by atoms with Crippen LogP contribution in [0.4, 0.5) is 17.1 Å². The third-order valence-corrected chi connectivity index (χ3v) is 7.07. The number of carboxylic acid groups (broad SMARTS) is 1. The summed E-state index contributed by atoms with van der Waals surface area (Å²) in [7, 11) is 0. The maximum Gasteiger partial charge on any atom is 0.354 e. The molecule has 0 radical (unpaired) electrons. The van der Waals surface area contributed by atoms with E-state index in [4.69, 9.17) is 5.41 Å². The molecule has 0 unspecified atom stereocenters. The molecule has 0 aliphatic carbocycles. The second-order valence-electron chi connectivity index (χ2n) is 9.85. The van der Waals surface area contributed by atoms with E-state index in [1.165, 1.54) is 28.5 Å². The second-order valence-corrected chi connectivity index (χ2v) is 9.85. The van der Waals surface area contributed by atoms with Crippen molar-refractivity contribution in [3.05, 3.63) is 132 Å². The van der Waals surface area contributed by atoms with Gasteiger partial charge in [-0.05, 0) is 84.0 Å². The molecule has 1 aliphatic rings. The van der Waals surface area contributed by atoms with E-state index in [2.05, 4.69) is 58.7 Å². The summed E-state index contributed by atoms with van der Waals surface area (Å²) >= 11 is 0. The van der Waals surface area contributed by atoms with Crippen molar-refractivity contribution in [2.24, 2.45) is 0 Å². The third-order valence-electron chi connectivity index (χ3n) is 7.07. The number of hydrogen-bond acceptors (Lipinski definition) is 4. The van der Waals surface area contributed by atoms with Crippen molar-refractivity contribution in [2.75, 3.05) is 16.8 Å². The lowest BCUT2D eigenvalue weighted by Crippen LogP contribution is -2.25. The van der Waals surface area contributed by atoms with Crippen LogP contribution in [0.15, 0.2) is 121 Å². The van der Waals surface area contributed by atoms with E-state index in [0.29, 0.717) is 5.69 Å². The smallest absolute Gasteiger partial charge is 0.354 e. The number of benzene rings is 4. The number of anilines is 3. The molecule has 3 N–H and O–H groups in total. The first kappa shape index (κ1) is 27.3. The van der Waals surface area contributed by atoms with Gasteiger partial charge in [-0.1, -0.05) is 78.9 Å². The zero-order chi connectivity index (χ0) is 28.6. The van der Waals surface area contributed by atoms with Gasteiger partial charge in [-0.2, -0.15) is 0 Å². The SMILES string of the molecule is N=C(C(=O)O)/C(=C/C=C/c1ccc2c(c1)CCCCN2c1ccc(-c2ccccc2)cc1)C(=O)Nc1ccccc1. The lowest BCUT2D eigenvalue weighted by atomic mass is 10.0. The number of carbonyl (C=O) groups is 2. The first-order valence-electron chi connectivity index (χ1n) is 13.6. The number of nitrogens with zero attached hydrogens (tertiary/aromatic N) is 1. The van der Waals surface area contributed by atoms with Crippen LogP contribution in [0, 0.1) is 5.41 Å². The summed E-state index contributed by atoms with van der Waals surface area (Å²) in [6.45, 7) is 0.937. The number of fused-ring (bicyclic) bond motifs is 1. The van der Waals surface area contributed by atoms with Crippen LogP contribution in [-0.2, 0) is 16.0 Å². The lowest BCUT2D eigenvalue weighted by Gasteiger charge is -2.25. The van der Waals surface area contributed by atoms with Gasteiger partial charge < -0.3 is 15.3 Å². The molecule has 6 heteroatoms. The van der Waals surface area contributed by atoms with Crippen molar-refractivity contribution < 1.29 is 14.7 Å². The predicted molar refractivity (Wildman–Crippen MR) is 166 cm³/mol. The van der Waals surface area contributed by atoms with Crippen LogP contribution in [0.1, 0.15) is 24.0 Å². The number of aliphatic carboxylic acids is 1. The molecule has 0 atom stereocenters. The average Bonchev–Trinajstić information content (AvgIpc) is 3.22. The predicted octanol–water partition coefficient (Wildman–Crippen LogP) is 7.51. The molecule has 0 saturated heterocycles. The molecule has 4 aromatic carbocycles. The summed E-state index contributed by atoms with van der Waals surface area (Å²) in [4.78, 5) is 26.6. The molecule has 1 amide bonds. The van der Waals surface area contributed by atoms with E-state index in [1.54, 1.807) is 30.3 Å². The number of aryl methyl sites for hydroxylation is 1. The van der Waals surface area contributed by atoms with Crippen LogP contribution >= 0.6 is 0 Å². The Morgan fingerprint density at radius 2 is 1.51 bits per heavy atom. The fourth-order valence-corrected chi connectivity index (χ4v) is 4.97. The number of para-hydroxylation sites is 1. The Morgan fingerprint density at radius 1 is 0.829 bits per heavy atom. The van der Waals surface area contributed by atoms with Crippen LogP contribution in [0.5, 0.6) is 0 Å². The molecule has 0 fully saturated rings. The number of carboxylic acids is 1. The Labute approximate surface area is 239 Å². The fraction of sp³-hybridized carbons (Fsp3) is 0.114. The zero-order valence-corrected chi connectivity index (χ0v) is 22.6. The summed E-state index contributed by atoms with van der Waals surface area (Å²) in [5.74, 6) is -2.11. The molecular formula is C35H31N3O3. The summed E-state index contributed by atoms with van der Waals surface area (Å²) in [5.41, 5.74) is 6.42. The van der Waals surface area contributed by atoms with Crippen molar-refractivity contribution in [1.82, 2.24) is 0 Å². The highest BCUT2D eigenvalue weighted by Crippen LogP contribution is 2.34. The van der Waals surface area contributed by atoms with Crippen LogP contribution in [0.3, 0.4) is 0 Å². The minimum Gasteiger partial charge on any atom is -0.477 e. The molecule has 4 aromatic rings. The largest absolute Gasteiger partial charge is 0.477 e. The molecule has 1 heterocycles. The van der Waals surface area contributed by atoms with E-state index < -0.39 is 17.6 Å². The molecule has 0 aromatic heterocycles. The van der Waals surface area contributed by atoms with Crippen molar-refractivity contribution >= 4 is 40.7 Å². The Morgan fingerprint density at radius 3 is 2.22 bits per heavy atom. The number of carbonyl (C=O) groups excluding carboxylic acids is 1. The van der Waals surface area contributed by atoms with Gasteiger partial charge in [0.05, 0.1) is 5.57 Å². The molecular weight excluding hydrogens is 510 g/mol. The summed E-state index contributed by atoms with van der Waals surface area (Å²) < 4.78 is 0. The average molecular weight is 542 g/mol. The Balaban J connectivity index is 1.37. The Bertz CT molecular complexity index is 1610. The van der Waals surface area contributed by atoms with E-state index in [0.717, 1.165) is 37.1 Å². The van der Waals surface area contributed by atoms with Gasteiger partial charge in [-0.3, -0.25) is 10.2 Å². The third kappa shape index (κ3) is 6.68. The van der Waals surface area contributed by atoms with Gasteiger partial charge in [-0.25, -0.2) is 4.79 Å². The molecule has 0 bridgehead atoms. The lowest BCUT2D eigenvalue weighted by molar-refractivity contribution is -0.129. The van der Waals surface area contributed by atoms with E-state index in [-0.39, 0.29) is 5.57 Å². The van der Waals surface area contributed by atoms with Crippen LogP contribution in [0.25, 0.3) is 17.2 Å². The van der Waals surface area contributed by atoms with Crippen LogP contribution in [0.2, 0.25) is 0 Å². The first-order valence-corrected chi connectivity index (χ1v) is 13.6. The van der Waals surface area contributed by atoms with Gasteiger partial charge in [0.2, 0.25) is 0 Å². The van der Waals surface area contributed by atoms with Crippen molar-refractivity contribution in [3.63, 3.8) is 0 Å². The summed E-state index contributed by atoms with van der Waals surface area (Å²) in [5, 5.41) is 19.9. The highest BCUT2D eigenvalue weighted by Gasteiger charge is 2.20. The second kappa shape index (κ2) is 12.7. The number of amides is 1. The number of nitrogens with one attached hydrogen (secondary N) is 2. The minimum atomic E-state index is -1.46. The normalized spacial score (nSPS) is 13.4. The number of hydrogen-bond donors (Lipinski definition) is 3. The highest BCUT2D eigenvalue weighted by molar-refractivity contribution is 6.48. The fourth-order valence-electron chi connectivity index (χ4n) is 4.97. The van der Waals surface area contributed by atoms with Gasteiger partial charge in [0, 0.05) is 23.6 Å². The topological polar surface area (TPSA) is 93.5 Å². The molecule has 0 saturated carbocycles. The monoisotopic (exact) mass is 541 g/mol. The summed E-state index contributed by atoms with van der Waals surface area (Å²) in [6.07, 6.45) is 7.95. The maximum atomic E-state index is 12.8. The standard InChI is InChI=1S/C35H31N3O3/c36-33(35(40)41)31(34(39)37-29-14-5-2-6-15-29)16-9-10-25-17-22-32-28(24-25)13-7-8-23-38(32)30-20-18-27(19-21-30)26-11-3-1-4-12-26/h1-6,9-12,14-22,24,36H,7-8,13,23H2,(H,37,39)(H,40,41)/b10-9+,31-16-,36-33?. The van der Waals surface area contributed by atoms with Crippen molar-refractivity contribution in [3.8, 4) is 11.1 Å². The van der Waals surface area contributed by atoms with Gasteiger partial charge in [0.15, 0.2) is 5.71 Å². The molecule has 6 nitrogen and oxygen atoms in total. The van der Waals surface area contributed by atoms with E-state index in [1.807, 2.05) is 36.4 Å². The molecule has 0 spiro atoms.